The average molecular weight is 301 g/mol. The van der Waals surface area contributed by atoms with Gasteiger partial charge in [-0.25, -0.2) is 8.42 Å². The number of piperazine rings is 1. The highest BCUT2D eigenvalue weighted by Gasteiger charge is 2.31. The van der Waals surface area contributed by atoms with Crippen LogP contribution < -0.4 is 0 Å². The first-order valence-corrected chi connectivity index (χ1v) is 7.85. The molecule has 1 fully saturated rings. The van der Waals surface area contributed by atoms with E-state index in [9.17, 15) is 13.2 Å². The van der Waals surface area contributed by atoms with E-state index >= 15 is 0 Å². The lowest BCUT2D eigenvalue weighted by Crippen LogP contribution is -2.52. The third-order valence-corrected chi connectivity index (χ3v) is 5.50. The number of hydrogen-bond acceptors (Lipinski definition) is 4. The largest absolute Gasteiger partial charge is 0.480 e. The van der Waals surface area contributed by atoms with Crippen molar-refractivity contribution in [1.29, 1.82) is 0 Å². The quantitative estimate of drug-likeness (QED) is 0.833. The Morgan fingerprint density at radius 3 is 2.35 bits per heavy atom. The fourth-order valence-electron chi connectivity index (χ4n) is 2.27. The molecular weight excluding hydrogens is 282 g/mol. The number of carbonyl (C=O) groups is 1. The first-order valence-electron chi connectivity index (χ1n) is 6.41. The second-order valence-electron chi connectivity index (χ2n) is 4.97. The van der Waals surface area contributed by atoms with Crippen molar-refractivity contribution >= 4 is 16.0 Å². The summed E-state index contributed by atoms with van der Waals surface area (Å²) in [5.74, 6) is -0.885. The third-order valence-electron chi connectivity index (χ3n) is 3.62. The standard InChI is InChI=1S/C12H19N3O4S/c1-10(12(16)17)14-5-7-15(8-6-14)20(18,19)11-3-4-13(2)9-11/h3-4,9-10H,5-8H2,1-2H3,(H,16,17). The van der Waals surface area contributed by atoms with Crippen molar-refractivity contribution in [3.63, 3.8) is 0 Å². The lowest BCUT2D eigenvalue weighted by Gasteiger charge is -2.35. The third kappa shape index (κ3) is 2.87. The van der Waals surface area contributed by atoms with Crippen LogP contribution in [0, 0.1) is 0 Å². The van der Waals surface area contributed by atoms with E-state index in [1.165, 1.54) is 4.31 Å². The summed E-state index contributed by atoms with van der Waals surface area (Å²) in [5, 5.41) is 8.96. The minimum Gasteiger partial charge on any atom is -0.480 e. The van der Waals surface area contributed by atoms with Gasteiger partial charge in [-0.3, -0.25) is 9.69 Å². The Bertz CT molecular complexity index is 588. The van der Waals surface area contributed by atoms with Crippen molar-refractivity contribution in [1.82, 2.24) is 13.8 Å². The molecule has 1 unspecified atom stereocenters. The minimum absolute atomic E-state index is 0.278. The summed E-state index contributed by atoms with van der Waals surface area (Å²) in [4.78, 5) is 13.0. The van der Waals surface area contributed by atoms with Crippen LogP contribution in [0.15, 0.2) is 23.4 Å². The lowest BCUT2D eigenvalue weighted by molar-refractivity contribution is -0.143. The highest BCUT2D eigenvalue weighted by molar-refractivity contribution is 7.89. The van der Waals surface area contributed by atoms with E-state index < -0.39 is 22.0 Å². The number of aryl methyl sites for hydroxylation is 1. The smallest absolute Gasteiger partial charge is 0.320 e. The first-order chi connectivity index (χ1) is 9.32. The molecule has 1 atom stereocenters. The van der Waals surface area contributed by atoms with Crippen molar-refractivity contribution in [3.05, 3.63) is 18.5 Å². The monoisotopic (exact) mass is 301 g/mol. The molecule has 1 saturated heterocycles. The maximum absolute atomic E-state index is 12.4. The Morgan fingerprint density at radius 1 is 1.30 bits per heavy atom. The van der Waals surface area contributed by atoms with E-state index in [1.807, 2.05) is 0 Å². The van der Waals surface area contributed by atoms with E-state index in [4.69, 9.17) is 5.11 Å². The van der Waals surface area contributed by atoms with Gasteiger partial charge in [-0.15, -0.1) is 0 Å². The number of carboxylic acids is 1. The summed E-state index contributed by atoms with van der Waals surface area (Å²) in [6, 6.07) is 0.985. The number of carboxylic acid groups (broad SMARTS) is 1. The Kier molecular flexibility index (Phi) is 4.17. The van der Waals surface area contributed by atoms with Crippen LogP contribution in [0.2, 0.25) is 0 Å². The van der Waals surface area contributed by atoms with Crippen LogP contribution in [0.4, 0.5) is 0 Å². The molecule has 0 saturated carbocycles. The molecule has 2 heterocycles. The molecule has 2 rings (SSSR count). The zero-order chi connectivity index (χ0) is 14.9. The van der Waals surface area contributed by atoms with Gasteiger partial charge in [0.25, 0.3) is 0 Å². The van der Waals surface area contributed by atoms with Crippen LogP contribution in [-0.2, 0) is 21.9 Å². The lowest BCUT2D eigenvalue weighted by atomic mass is 10.2. The van der Waals surface area contributed by atoms with Crippen LogP contribution in [0.5, 0.6) is 0 Å². The molecule has 8 heteroatoms. The van der Waals surface area contributed by atoms with Gasteiger partial charge in [0.1, 0.15) is 6.04 Å². The number of aliphatic carboxylic acids is 1. The maximum Gasteiger partial charge on any atom is 0.320 e. The van der Waals surface area contributed by atoms with Gasteiger partial charge in [0.2, 0.25) is 10.0 Å². The van der Waals surface area contributed by atoms with Crippen molar-refractivity contribution in [2.45, 2.75) is 17.9 Å². The molecule has 0 aliphatic carbocycles. The molecule has 1 aliphatic rings. The van der Waals surface area contributed by atoms with Gasteiger partial charge >= 0.3 is 5.97 Å². The Hall–Kier alpha value is -1.38. The summed E-state index contributed by atoms with van der Waals surface area (Å²) in [5.41, 5.74) is 0. The average Bonchev–Trinajstić information content (AvgIpc) is 2.85. The number of aromatic nitrogens is 1. The second-order valence-corrected chi connectivity index (χ2v) is 6.90. The highest BCUT2D eigenvalue weighted by atomic mass is 32.2. The van der Waals surface area contributed by atoms with Crippen molar-refractivity contribution in [2.75, 3.05) is 26.2 Å². The van der Waals surface area contributed by atoms with E-state index in [0.717, 1.165) is 0 Å². The van der Waals surface area contributed by atoms with E-state index in [-0.39, 0.29) is 4.90 Å². The molecular formula is C12H19N3O4S. The van der Waals surface area contributed by atoms with Gasteiger partial charge in [0, 0.05) is 45.6 Å². The molecule has 1 aromatic rings. The summed E-state index contributed by atoms with van der Waals surface area (Å²) in [6.45, 7) is 3.10. The van der Waals surface area contributed by atoms with Gasteiger partial charge in [0.15, 0.2) is 0 Å². The molecule has 0 amide bonds. The predicted octanol–water partition coefficient (Wildman–Crippen LogP) is -0.195. The van der Waals surface area contributed by atoms with Crippen LogP contribution in [-0.4, -0.2) is 65.5 Å². The van der Waals surface area contributed by atoms with Crippen molar-refractivity contribution in [2.24, 2.45) is 7.05 Å². The molecule has 0 aromatic carbocycles. The maximum atomic E-state index is 12.4. The van der Waals surface area contributed by atoms with Gasteiger partial charge in [-0.05, 0) is 13.0 Å². The molecule has 1 aromatic heterocycles. The van der Waals surface area contributed by atoms with E-state index in [0.29, 0.717) is 26.2 Å². The van der Waals surface area contributed by atoms with Crippen LogP contribution in [0.1, 0.15) is 6.92 Å². The fourth-order valence-corrected chi connectivity index (χ4v) is 3.74. The van der Waals surface area contributed by atoms with Gasteiger partial charge in [-0.2, -0.15) is 4.31 Å². The molecule has 1 N–H and O–H groups in total. The summed E-state index contributed by atoms with van der Waals surface area (Å²) in [6.07, 6.45) is 3.26. The summed E-state index contributed by atoms with van der Waals surface area (Å²) in [7, 11) is -1.70. The topological polar surface area (TPSA) is 82.8 Å². The van der Waals surface area contributed by atoms with Crippen LogP contribution >= 0.6 is 0 Å². The Labute approximate surface area is 118 Å². The Balaban J connectivity index is 2.05. The molecule has 20 heavy (non-hydrogen) atoms. The molecule has 112 valence electrons. The number of hydrogen-bond donors (Lipinski definition) is 1. The molecule has 7 nitrogen and oxygen atoms in total. The zero-order valence-corrected chi connectivity index (χ0v) is 12.4. The van der Waals surface area contributed by atoms with Crippen LogP contribution in [0.25, 0.3) is 0 Å². The van der Waals surface area contributed by atoms with Crippen molar-refractivity contribution in [3.8, 4) is 0 Å². The molecule has 1 aliphatic heterocycles. The minimum atomic E-state index is -3.47. The van der Waals surface area contributed by atoms with Gasteiger partial charge in [-0.1, -0.05) is 0 Å². The van der Waals surface area contributed by atoms with E-state index in [1.54, 1.807) is 41.9 Å². The Morgan fingerprint density at radius 2 is 1.90 bits per heavy atom. The second kappa shape index (κ2) is 5.55. The van der Waals surface area contributed by atoms with Crippen molar-refractivity contribution < 1.29 is 18.3 Å². The zero-order valence-electron chi connectivity index (χ0n) is 11.6. The number of nitrogens with zero attached hydrogens (tertiary/aromatic N) is 3. The summed E-state index contributed by atoms with van der Waals surface area (Å²) < 4.78 is 27.9. The first kappa shape index (κ1) is 15.0. The number of sulfonamides is 1. The van der Waals surface area contributed by atoms with Crippen LogP contribution in [0.3, 0.4) is 0 Å². The highest BCUT2D eigenvalue weighted by Crippen LogP contribution is 2.18. The van der Waals surface area contributed by atoms with Gasteiger partial charge in [0.05, 0.1) is 4.90 Å². The normalized spacial score (nSPS) is 19.9. The molecule has 0 radical (unpaired) electrons. The molecule has 0 bridgehead atoms. The fraction of sp³-hybridized carbons (Fsp3) is 0.583. The van der Waals surface area contributed by atoms with Gasteiger partial charge < -0.3 is 9.67 Å². The van der Waals surface area contributed by atoms with E-state index in [2.05, 4.69) is 0 Å². The molecule has 0 spiro atoms. The predicted molar refractivity (Wildman–Crippen MR) is 72.8 cm³/mol. The summed E-state index contributed by atoms with van der Waals surface area (Å²) >= 11 is 0. The SMILES string of the molecule is CC(C(=O)O)N1CCN(S(=O)(=O)c2ccn(C)c2)CC1. The number of rotatable bonds is 4.